The van der Waals surface area contributed by atoms with Gasteiger partial charge in [0.25, 0.3) is 0 Å². The minimum Gasteiger partial charge on any atom is -0.439 e. The van der Waals surface area contributed by atoms with Crippen LogP contribution in [0.15, 0.2) is 36.4 Å². The fraction of sp³-hybridized carbons (Fsp3) is 0.143. The van der Waals surface area contributed by atoms with Crippen LogP contribution < -0.4 is 10.5 Å². The highest BCUT2D eigenvalue weighted by Crippen LogP contribution is 2.24. The van der Waals surface area contributed by atoms with E-state index >= 15 is 0 Å². The molecule has 0 atom stereocenters. The van der Waals surface area contributed by atoms with Crippen LogP contribution in [0.1, 0.15) is 11.3 Å². The molecule has 2 rings (SSSR count). The van der Waals surface area contributed by atoms with Gasteiger partial charge in [0, 0.05) is 12.1 Å². The summed E-state index contributed by atoms with van der Waals surface area (Å²) in [6.45, 7) is 0.565. The van der Waals surface area contributed by atoms with Crippen molar-refractivity contribution >= 4 is 5.69 Å². The maximum Gasteiger partial charge on any atom is 0.305 e. The number of hydrogen-bond donors (Lipinski definition) is 1. The molecule has 0 saturated heterocycles. The van der Waals surface area contributed by atoms with Gasteiger partial charge in [0.2, 0.25) is 11.6 Å². The number of nitriles is 1. The molecule has 2 N–H and O–H groups in total. The highest BCUT2D eigenvalue weighted by molar-refractivity contribution is 5.45. The zero-order valence-corrected chi connectivity index (χ0v) is 11.0. The summed E-state index contributed by atoms with van der Waals surface area (Å²) in [6.07, 6.45) is 0.772. The van der Waals surface area contributed by atoms with Crippen molar-refractivity contribution in [3.63, 3.8) is 0 Å². The van der Waals surface area contributed by atoms with Crippen LogP contribution in [0.3, 0.4) is 0 Å². The van der Waals surface area contributed by atoms with Crippen molar-refractivity contribution in [2.45, 2.75) is 6.42 Å². The molecule has 0 radical (unpaired) electrons. The normalized spacial score (nSPS) is 9.90. The van der Waals surface area contributed by atoms with Crippen molar-refractivity contribution in [2.24, 2.45) is 5.73 Å². The lowest BCUT2D eigenvalue weighted by atomic mass is 10.1. The monoisotopic (exact) mass is 284 g/mol. The molecule has 7 heteroatoms. The van der Waals surface area contributed by atoms with Crippen molar-refractivity contribution in [2.75, 3.05) is 6.54 Å². The van der Waals surface area contributed by atoms with E-state index in [0.717, 1.165) is 12.0 Å². The highest BCUT2D eigenvalue weighted by Gasteiger charge is 2.16. The third-order valence-corrected chi connectivity index (χ3v) is 2.73. The van der Waals surface area contributed by atoms with Crippen molar-refractivity contribution in [1.82, 2.24) is 4.98 Å². The number of pyridine rings is 1. The summed E-state index contributed by atoms with van der Waals surface area (Å²) in [5.74, 6) is 0.657. The van der Waals surface area contributed by atoms with E-state index in [1.54, 1.807) is 18.2 Å². The zero-order chi connectivity index (χ0) is 15.2. The van der Waals surface area contributed by atoms with E-state index in [0.29, 0.717) is 12.3 Å². The Hall–Kier alpha value is -2.98. The van der Waals surface area contributed by atoms with Crippen molar-refractivity contribution in [1.29, 1.82) is 5.26 Å². The van der Waals surface area contributed by atoms with Crippen molar-refractivity contribution in [3.05, 3.63) is 57.8 Å². The molecule has 0 amide bonds. The first-order chi connectivity index (χ1) is 10.1. The van der Waals surface area contributed by atoms with E-state index in [-0.39, 0.29) is 17.3 Å². The zero-order valence-electron chi connectivity index (χ0n) is 11.0. The van der Waals surface area contributed by atoms with E-state index < -0.39 is 4.92 Å². The number of aromatic nitrogens is 1. The fourth-order valence-electron chi connectivity index (χ4n) is 1.73. The summed E-state index contributed by atoms with van der Waals surface area (Å²) >= 11 is 0. The van der Waals surface area contributed by atoms with Crippen LogP contribution in [-0.4, -0.2) is 16.5 Å². The van der Waals surface area contributed by atoms with Gasteiger partial charge in [-0.3, -0.25) is 10.1 Å². The lowest BCUT2D eigenvalue weighted by molar-refractivity contribution is -0.385. The Morgan fingerprint density at radius 2 is 2.00 bits per heavy atom. The molecular weight excluding hydrogens is 272 g/mol. The average molecular weight is 284 g/mol. The van der Waals surface area contributed by atoms with Gasteiger partial charge >= 0.3 is 5.69 Å². The molecular formula is C14H12N4O3. The van der Waals surface area contributed by atoms with E-state index in [2.05, 4.69) is 4.98 Å². The number of hydrogen-bond acceptors (Lipinski definition) is 6. The van der Waals surface area contributed by atoms with Crippen molar-refractivity contribution in [3.8, 4) is 17.7 Å². The van der Waals surface area contributed by atoms with Gasteiger partial charge in [-0.1, -0.05) is 12.1 Å². The predicted octanol–water partition coefficient (Wildman–Crippen LogP) is 2.15. The maximum atomic E-state index is 10.7. The Bertz CT molecular complexity index is 692. The summed E-state index contributed by atoms with van der Waals surface area (Å²) in [6, 6.07) is 11.5. The third kappa shape index (κ3) is 3.52. The van der Waals surface area contributed by atoms with Gasteiger partial charge in [0.1, 0.15) is 11.8 Å². The Morgan fingerprint density at radius 3 is 2.57 bits per heavy atom. The number of ether oxygens (including phenoxy) is 1. The van der Waals surface area contributed by atoms with Gasteiger partial charge in [-0.15, -0.1) is 0 Å². The molecule has 0 bridgehead atoms. The molecule has 106 valence electrons. The van der Waals surface area contributed by atoms with Gasteiger partial charge in [-0.2, -0.15) is 10.2 Å². The van der Waals surface area contributed by atoms with E-state index in [1.807, 2.05) is 12.1 Å². The largest absolute Gasteiger partial charge is 0.439 e. The van der Waals surface area contributed by atoms with Gasteiger partial charge in [0.15, 0.2) is 0 Å². The van der Waals surface area contributed by atoms with Crippen molar-refractivity contribution < 1.29 is 9.66 Å². The molecule has 1 heterocycles. The topological polar surface area (TPSA) is 115 Å². The SMILES string of the molecule is N#Cc1nc(Oc2ccc(CCN)cc2)ccc1[N+](=O)[O-]. The molecule has 7 nitrogen and oxygen atoms in total. The Balaban J connectivity index is 2.20. The standard InChI is InChI=1S/C14H12N4O3/c15-8-7-10-1-3-11(4-2-10)21-14-6-5-13(18(19)20)12(9-16)17-14/h1-6H,7-8,15H2. The van der Waals surface area contributed by atoms with E-state index in [1.165, 1.54) is 12.1 Å². The van der Waals surface area contributed by atoms with Crippen LogP contribution in [0, 0.1) is 21.4 Å². The molecule has 0 spiro atoms. The summed E-state index contributed by atoms with van der Waals surface area (Å²) < 4.78 is 5.47. The molecule has 1 aromatic heterocycles. The van der Waals surface area contributed by atoms with Crippen LogP contribution in [0.2, 0.25) is 0 Å². The highest BCUT2D eigenvalue weighted by atomic mass is 16.6. The smallest absolute Gasteiger partial charge is 0.305 e. The second-order valence-corrected chi connectivity index (χ2v) is 4.17. The molecule has 21 heavy (non-hydrogen) atoms. The number of nitro groups is 1. The van der Waals surface area contributed by atoms with Gasteiger partial charge < -0.3 is 10.5 Å². The van der Waals surface area contributed by atoms with Crippen LogP contribution in [0.5, 0.6) is 11.6 Å². The summed E-state index contributed by atoms with van der Waals surface area (Å²) in [4.78, 5) is 13.9. The first-order valence-electron chi connectivity index (χ1n) is 6.16. The third-order valence-electron chi connectivity index (χ3n) is 2.73. The molecule has 0 fully saturated rings. The minimum absolute atomic E-state index is 0.128. The lowest BCUT2D eigenvalue weighted by Gasteiger charge is -2.06. The number of rotatable bonds is 5. The number of nitrogens with two attached hydrogens (primary N) is 1. The van der Waals surface area contributed by atoms with E-state index in [9.17, 15) is 10.1 Å². The molecule has 0 saturated carbocycles. The second-order valence-electron chi connectivity index (χ2n) is 4.17. The first kappa shape index (κ1) is 14.4. The molecule has 1 aromatic carbocycles. The van der Waals surface area contributed by atoms with Crippen LogP contribution in [0.25, 0.3) is 0 Å². The summed E-state index contributed by atoms with van der Waals surface area (Å²) in [5.41, 5.74) is 5.92. The molecule has 0 unspecified atom stereocenters. The number of nitrogens with zero attached hydrogens (tertiary/aromatic N) is 3. The van der Waals surface area contributed by atoms with Gasteiger partial charge in [-0.05, 0) is 30.7 Å². The van der Waals surface area contributed by atoms with Gasteiger partial charge in [0.05, 0.1) is 4.92 Å². The second kappa shape index (κ2) is 6.45. The molecule has 2 aromatic rings. The van der Waals surface area contributed by atoms with Crippen LogP contribution in [0.4, 0.5) is 5.69 Å². The van der Waals surface area contributed by atoms with E-state index in [4.69, 9.17) is 15.7 Å². The van der Waals surface area contributed by atoms with Crippen LogP contribution in [-0.2, 0) is 6.42 Å². The molecule has 0 aliphatic rings. The Labute approximate surface area is 120 Å². The number of benzene rings is 1. The lowest BCUT2D eigenvalue weighted by Crippen LogP contribution is -2.02. The maximum absolute atomic E-state index is 10.7. The Morgan fingerprint density at radius 1 is 1.29 bits per heavy atom. The Kier molecular flexibility index (Phi) is 4.43. The minimum atomic E-state index is -0.656. The molecule has 0 aliphatic heterocycles. The van der Waals surface area contributed by atoms with Crippen LogP contribution >= 0.6 is 0 Å². The summed E-state index contributed by atoms with van der Waals surface area (Å²) in [5, 5.41) is 19.6. The quantitative estimate of drug-likeness (QED) is 0.664. The average Bonchev–Trinajstić information content (AvgIpc) is 2.49. The molecule has 0 aliphatic carbocycles. The first-order valence-corrected chi connectivity index (χ1v) is 6.16. The van der Waals surface area contributed by atoms with Gasteiger partial charge in [-0.25, -0.2) is 0 Å². The fourth-order valence-corrected chi connectivity index (χ4v) is 1.73. The summed E-state index contributed by atoms with van der Waals surface area (Å²) in [7, 11) is 0. The predicted molar refractivity (Wildman–Crippen MR) is 74.9 cm³/mol.